The van der Waals surface area contributed by atoms with Crippen LogP contribution in [0.2, 0.25) is 0 Å². The second kappa shape index (κ2) is 3.31. The molecule has 0 saturated carbocycles. The molecule has 12 heavy (non-hydrogen) atoms. The maximum Gasteiger partial charge on any atom is 0.111 e. The molecule has 1 aromatic heterocycles. The van der Waals surface area contributed by atoms with E-state index in [1.165, 1.54) is 24.2 Å². The average molecular weight is 165 g/mol. The minimum Gasteiger partial charge on any atom is -0.469 e. The molecule has 2 nitrogen and oxygen atoms in total. The summed E-state index contributed by atoms with van der Waals surface area (Å²) in [6.07, 6.45) is 4.32. The number of aryl methyl sites for hydroxylation is 1. The van der Waals surface area contributed by atoms with Gasteiger partial charge in [0.1, 0.15) is 5.76 Å². The first-order valence-electron chi connectivity index (χ1n) is 4.62. The van der Waals surface area contributed by atoms with E-state index in [2.05, 4.69) is 12.2 Å². The van der Waals surface area contributed by atoms with Gasteiger partial charge in [0.25, 0.3) is 0 Å². The van der Waals surface area contributed by atoms with Crippen LogP contribution < -0.4 is 5.32 Å². The van der Waals surface area contributed by atoms with Crippen LogP contribution in [0.5, 0.6) is 0 Å². The summed E-state index contributed by atoms with van der Waals surface area (Å²) in [5.74, 6) is 1.79. The minimum atomic E-state index is 0.605. The molecular weight excluding hydrogens is 150 g/mol. The Morgan fingerprint density at radius 3 is 3.08 bits per heavy atom. The van der Waals surface area contributed by atoms with Gasteiger partial charge in [0, 0.05) is 12.5 Å². The molecule has 0 aromatic carbocycles. The number of nitrogens with one attached hydrogen (secondary N) is 1. The second-order valence-electron chi connectivity index (χ2n) is 3.51. The molecule has 1 unspecified atom stereocenters. The van der Waals surface area contributed by atoms with Crippen molar-refractivity contribution in [2.75, 3.05) is 13.1 Å². The molecular formula is C10H15NO. The first-order chi connectivity index (χ1) is 5.88. The van der Waals surface area contributed by atoms with Crippen LogP contribution in [-0.4, -0.2) is 13.1 Å². The summed E-state index contributed by atoms with van der Waals surface area (Å²) in [4.78, 5) is 0. The first kappa shape index (κ1) is 7.87. The molecule has 1 saturated heterocycles. The average Bonchev–Trinajstić information content (AvgIpc) is 2.53. The molecule has 0 spiro atoms. The van der Waals surface area contributed by atoms with Gasteiger partial charge in [-0.15, -0.1) is 0 Å². The third-order valence-electron chi connectivity index (χ3n) is 2.57. The van der Waals surface area contributed by atoms with Crippen LogP contribution in [0.1, 0.15) is 30.1 Å². The number of hydrogen-bond donors (Lipinski definition) is 1. The predicted octanol–water partition coefficient (Wildman–Crippen LogP) is 2.06. The van der Waals surface area contributed by atoms with E-state index in [9.17, 15) is 0 Å². The van der Waals surface area contributed by atoms with Gasteiger partial charge in [-0.05, 0) is 37.9 Å². The lowest BCUT2D eigenvalue weighted by molar-refractivity contribution is 0.386. The molecule has 1 aliphatic heterocycles. The Morgan fingerprint density at radius 2 is 2.50 bits per heavy atom. The van der Waals surface area contributed by atoms with Crippen LogP contribution in [0.4, 0.5) is 0 Å². The van der Waals surface area contributed by atoms with Gasteiger partial charge in [-0.1, -0.05) is 0 Å². The lowest BCUT2D eigenvalue weighted by Gasteiger charge is -2.21. The quantitative estimate of drug-likeness (QED) is 0.689. The van der Waals surface area contributed by atoms with Crippen LogP contribution in [0.15, 0.2) is 16.7 Å². The van der Waals surface area contributed by atoms with Gasteiger partial charge >= 0.3 is 0 Å². The van der Waals surface area contributed by atoms with Gasteiger partial charge in [0.2, 0.25) is 0 Å². The molecule has 1 N–H and O–H groups in total. The normalized spacial score (nSPS) is 24.2. The maximum absolute atomic E-state index is 5.46. The Labute approximate surface area is 73.0 Å². The Morgan fingerprint density at radius 1 is 1.58 bits per heavy atom. The molecule has 2 heteroatoms. The summed E-state index contributed by atoms with van der Waals surface area (Å²) < 4.78 is 5.46. The standard InChI is InChI=1S/C10H15NO/c1-8-4-6-12-10(8)9-3-2-5-11-7-9/h4,6,9,11H,2-3,5,7H2,1H3. The van der Waals surface area contributed by atoms with Crippen molar-refractivity contribution in [1.29, 1.82) is 0 Å². The van der Waals surface area contributed by atoms with Crippen LogP contribution in [0.3, 0.4) is 0 Å². The Hall–Kier alpha value is -0.760. The van der Waals surface area contributed by atoms with Crippen molar-refractivity contribution >= 4 is 0 Å². The molecule has 1 aliphatic rings. The Balaban J connectivity index is 2.13. The highest BCUT2D eigenvalue weighted by atomic mass is 16.3. The van der Waals surface area contributed by atoms with Gasteiger partial charge in [-0.3, -0.25) is 0 Å². The smallest absolute Gasteiger partial charge is 0.111 e. The SMILES string of the molecule is Cc1ccoc1C1CCCNC1. The second-order valence-corrected chi connectivity index (χ2v) is 3.51. The lowest BCUT2D eigenvalue weighted by atomic mass is 9.95. The summed E-state index contributed by atoms with van der Waals surface area (Å²) in [5, 5.41) is 3.39. The van der Waals surface area contributed by atoms with Gasteiger partial charge < -0.3 is 9.73 Å². The molecule has 1 aromatic rings. The summed E-state index contributed by atoms with van der Waals surface area (Å²) >= 11 is 0. The molecule has 2 heterocycles. The molecule has 2 rings (SSSR count). The van der Waals surface area contributed by atoms with Crippen LogP contribution in [-0.2, 0) is 0 Å². The number of furan rings is 1. The molecule has 1 atom stereocenters. The van der Waals surface area contributed by atoms with Crippen molar-refractivity contribution < 1.29 is 4.42 Å². The van der Waals surface area contributed by atoms with Gasteiger partial charge in [-0.2, -0.15) is 0 Å². The van der Waals surface area contributed by atoms with Crippen LogP contribution in [0.25, 0.3) is 0 Å². The van der Waals surface area contributed by atoms with E-state index in [1.54, 1.807) is 6.26 Å². The first-order valence-corrected chi connectivity index (χ1v) is 4.62. The molecule has 1 fully saturated rings. The highest BCUT2D eigenvalue weighted by Gasteiger charge is 2.19. The fourth-order valence-electron chi connectivity index (χ4n) is 1.88. The van der Waals surface area contributed by atoms with E-state index in [1.807, 2.05) is 6.07 Å². The number of piperidine rings is 1. The fraction of sp³-hybridized carbons (Fsp3) is 0.600. The van der Waals surface area contributed by atoms with Gasteiger partial charge in [-0.25, -0.2) is 0 Å². The molecule has 66 valence electrons. The predicted molar refractivity (Wildman–Crippen MR) is 48.3 cm³/mol. The molecule has 0 radical (unpaired) electrons. The topological polar surface area (TPSA) is 25.2 Å². The third kappa shape index (κ3) is 1.39. The number of rotatable bonds is 1. The molecule has 0 amide bonds. The van der Waals surface area contributed by atoms with E-state index in [-0.39, 0.29) is 0 Å². The molecule has 0 bridgehead atoms. The van der Waals surface area contributed by atoms with Crippen molar-refractivity contribution in [1.82, 2.24) is 5.32 Å². The largest absolute Gasteiger partial charge is 0.469 e. The highest BCUT2D eigenvalue weighted by molar-refractivity contribution is 5.19. The van der Waals surface area contributed by atoms with E-state index in [0.29, 0.717) is 5.92 Å². The minimum absolute atomic E-state index is 0.605. The molecule has 0 aliphatic carbocycles. The van der Waals surface area contributed by atoms with Crippen molar-refractivity contribution in [3.8, 4) is 0 Å². The highest BCUT2D eigenvalue weighted by Crippen LogP contribution is 2.26. The van der Waals surface area contributed by atoms with Gasteiger partial charge in [0.05, 0.1) is 6.26 Å². The summed E-state index contributed by atoms with van der Waals surface area (Å²) in [6, 6.07) is 2.05. The summed E-state index contributed by atoms with van der Waals surface area (Å²) in [7, 11) is 0. The zero-order valence-corrected chi connectivity index (χ0v) is 7.47. The van der Waals surface area contributed by atoms with E-state index >= 15 is 0 Å². The van der Waals surface area contributed by atoms with Crippen molar-refractivity contribution in [3.05, 3.63) is 23.7 Å². The van der Waals surface area contributed by atoms with Crippen LogP contribution >= 0.6 is 0 Å². The van der Waals surface area contributed by atoms with Gasteiger partial charge in [0.15, 0.2) is 0 Å². The van der Waals surface area contributed by atoms with Crippen molar-refractivity contribution in [2.45, 2.75) is 25.7 Å². The Bertz CT molecular complexity index is 248. The lowest BCUT2D eigenvalue weighted by Crippen LogP contribution is -2.28. The van der Waals surface area contributed by atoms with Crippen molar-refractivity contribution in [3.63, 3.8) is 0 Å². The fourth-order valence-corrected chi connectivity index (χ4v) is 1.88. The zero-order chi connectivity index (χ0) is 8.39. The zero-order valence-electron chi connectivity index (χ0n) is 7.47. The van der Waals surface area contributed by atoms with E-state index in [0.717, 1.165) is 13.1 Å². The summed E-state index contributed by atoms with van der Waals surface area (Å²) in [6.45, 7) is 4.36. The maximum atomic E-state index is 5.46. The van der Waals surface area contributed by atoms with E-state index in [4.69, 9.17) is 4.42 Å². The third-order valence-corrected chi connectivity index (χ3v) is 2.57. The van der Waals surface area contributed by atoms with Crippen molar-refractivity contribution in [2.24, 2.45) is 0 Å². The van der Waals surface area contributed by atoms with Crippen LogP contribution in [0, 0.1) is 6.92 Å². The summed E-state index contributed by atoms with van der Waals surface area (Å²) in [5.41, 5.74) is 1.30. The Kier molecular flexibility index (Phi) is 2.17. The van der Waals surface area contributed by atoms with E-state index < -0.39 is 0 Å². The number of hydrogen-bond acceptors (Lipinski definition) is 2. The monoisotopic (exact) mass is 165 g/mol.